The van der Waals surface area contributed by atoms with Crippen molar-refractivity contribution in [3.63, 3.8) is 0 Å². The minimum atomic E-state index is -0.849. The summed E-state index contributed by atoms with van der Waals surface area (Å²) < 4.78 is 0. The third-order valence-electron chi connectivity index (χ3n) is 5.46. The highest BCUT2D eigenvalue weighted by atomic mass is 16.2. The minimum Gasteiger partial charge on any atom is -0.309 e. The molecule has 1 unspecified atom stereocenters. The van der Waals surface area contributed by atoms with Gasteiger partial charge in [0, 0.05) is 23.2 Å². The average Bonchev–Trinajstić information content (AvgIpc) is 3.08. The van der Waals surface area contributed by atoms with E-state index in [1.165, 1.54) is 11.1 Å². The number of amides is 1. The molecule has 4 heteroatoms. The first-order chi connectivity index (χ1) is 14.8. The summed E-state index contributed by atoms with van der Waals surface area (Å²) in [6, 6.07) is 0. The van der Waals surface area contributed by atoms with E-state index in [0.29, 0.717) is 6.54 Å². The minimum absolute atomic E-state index is 0.0746. The van der Waals surface area contributed by atoms with E-state index in [1.807, 2.05) is 18.7 Å². The van der Waals surface area contributed by atoms with Crippen LogP contribution in [0.15, 0.2) is 76.0 Å². The zero-order valence-electron chi connectivity index (χ0n) is 20.1. The van der Waals surface area contributed by atoms with Crippen molar-refractivity contribution in [1.29, 1.82) is 0 Å². The number of allylic oxidation sites excluding steroid dienone is 11. The van der Waals surface area contributed by atoms with Crippen LogP contribution in [0.1, 0.15) is 67.2 Å². The molecule has 3 aliphatic rings. The number of aliphatic imine (C=N–C) groups is 1. The quantitative estimate of drug-likeness (QED) is 0.591. The van der Waals surface area contributed by atoms with E-state index >= 15 is 0 Å². The van der Waals surface area contributed by atoms with E-state index in [-0.39, 0.29) is 11.3 Å². The molecule has 0 aromatic carbocycles. The van der Waals surface area contributed by atoms with Crippen molar-refractivity contribution in [2.24, 2.45) is 16.1 Å². The fraction of sp³-hybridized carbons (Fsp3) is 0.481. The molecule has 31 heavy (non-hydrogen) atoms. The Morgan fingerprint density at radius 1 is 1.19 bits per heavy atom. The molecule has 0 saturated carbocycles. The first-order valence-electron chi connectivity index (χ1n) is 11.6. The second kappa shape index (κ2) is 11.2. The van der Waals surface area contributed by atoms with Gasteiger partial charge in [-0.1, -0.05) is 82.7 Å². The van der Waals surface area contributed by atoms with Gasteiger partial charge in [0.15, 0.2) is 6.17 Å². The predicted octanol–water partition coefficient (Wildman–Crippen LogP) is 6.01. The molecular formula is C27H39N3O. The SMILES string of the molecule is CC.CCCN1C(=O)C(N)N=C(CCC2=CC=CCC(C)=C2)C2=C1C=CC(C)(C)C=C2. The number of nitrogens with two attached hydrogens (primary N) is 1. The van der Waals surface area contributed by atoms with E-state index < -0.39 is 6.17 Å². The Morgan fingerprint density at radius 3 is 2.61 bits per heavy atom. The van der Waals surface area contributed by atoms with Crippen molar-refractivity contribution in [2.45, 2.75) is 73.4 Å². The molecule has 1 atom stereocenters. The van der Waals surface area contributed by atoms with E-state index in [0.717, 1.165) is 42.7 Å². The summed E-state index contributed by atoms with van der Waals surface area (Å²) in [5, 5.41) is 0. The van der Waals surface area contributed by atoms with Crippen LogP contribution in [0.3, 0.4) is 0 Å². The van der Waals surface area contributed by atoms with Gasteiger partial charge in [-0.15, -0.1) is 0 Å². The Hall–Kier alpha value is -2.46. The van der Waals surface area contributed by atoms with E-state index in [1.54, 1.807) is 0 Å². The first kappa shape index (κ1) is 24.8. The molecule has 0 bridgehead atoms. The van der Waals surface area contributed by atoms with Gasteiger partial charge < -0.3 is 10.6 Å². The van der Waals surface area contributed by atoms with Gasteiger partial charge in [0.25, 0.3) is 5.91 Å². The average molecular weight is 422 g/mol. The normalized spacial score (nSPS) is 22.4. The van der Waals surface area contributed by atoms with Crippen LogP contribution in [0.5, 0.6) is 0 Å². The molecule has 3 rings (SSSR count). The molecule has 4 nitrogen and oxygen atoms in total. The topological polar surface area (TPSA) is 58.7 Å². The fourth-order valence-electron chi connectivity index (χ4n) is 3.81. The van der Waals surface area contributed by atoms with Crippen molar-refractivity contribution in [3.8, 4) is 0 Å². The molecule has 168 valence electrons. The molecule has 2 N–H and O–H groups in total. The van der Waals surface area contributed by atoms with Crippen LogP contribution >= 0.6 is 0 Å². The van der Waals surface area contributed by atoms with Gasteiger partial charge in [0.1, 0.15) is 0 Å². The molecule has 1 heterocycles. The fourth-order valence-corrected chi connectivity index (χ4v) is 3.81. The van der Waals surface area contributed by atoms with Gasteiger partial charge in [-0.25, -0.2) is 0 Å². The molecule has 1 aliphatic heterocycles. The van der Waals surface area contributed by atoms with E-state index in [4.69, 9.17) is 5.73 Å². The van der Waals surface area contributed by atoms with Gasteiger partial charge in [-0.05, 0) is 44.3 Å². The van der Waals surface area contributed by atoms with Crippen molar-refractivity contribution in [1.82, 2.24) is 4.90 Å². The smallest absolute Gasteiger partial charge is 0.266 e. The Kier molecular flexibility index (Phi) is 9.00. The van der Waals surface area contributed by atoms with Gasteiger partial charge >= 0.3 is 0 Å². The second-order valence-corrected chi connectivity index (χ2v) is 8.66. The lowest BCUT2D eigenvalue weighted by molar-refractivity contribution is -0.130. The highest BCUT2D eigenvalue weighted by Gasteiger charge is 2.30. The third kappa shape index (κ3) is 6.51. The zero-order valence-corrected chi connectivity index (χ0v) is 20.1. The number of rotatable bonds is 5. The maximum atomic E-state index is 13.0. The molecule has 2 aliphatic carbocycles. The Labute approximate surface area is 188 Å². The van der Waals surface area contributed by atoms with Crippen LogP contribution in [0.4, 0.5) is 0 Å². The van der Waals surface area contributed by atoms with Crippen LogP contribution < -0.4 is 5.73 Å². The maximum Gasteiger partial charge on any atom is 0.266 e. The highest BCUT2D eigenvalue weighted by Crippen LogP contribution is 2.31. The molecule has 0 aromatic heterocycles. The number of carbonyl (C=O) groups excluding carboxylic acids is 1. The van der Waals surface area contributed by atoms with Gasteiger partial charge in [0.2, 0.25) is 0 Å². The van der Waals surface area contributed by atoms with Crippen molar-refractivity contribution in [2.75, 3.05) is 6.54 Å². The number of hydrogen-bond acceptors (Lipinski definition) is 3. The number of nitrogens with zero attached hydrogens (tertiary/aromatic N) is 2. The van der Waals surface area contributed by atoms with Gasteiger partial charge in [0.05, 0.1) is 5.70 Å². The summed E-state index contributed by atoms with van der Waals surface area (Å²) in [7, 11) is 0. The second-order valence-electron chi connectivity index (χ2n) is 8.66. The molecule has 0 saturated heterocycles. The highest BCUT2D eigenvalue weighted by molar-refractivity contribution is 6.07. The third-order valence-corrected chi connectivity index (χ3v) is 5.46. The molecule has 1 amide bonds. The Balaban J connectivity index is 0.00000166. The number of hydrogen-bond donors (Lipinski definition) is 1. The zero-order chi connectivity index (χ0) is 23.0. The standard InChI is InChI=1S/C25H33N3O.C2H6/c1-5-16-28-22-13-15-25(3,4)14-12-20(22)21(27-23(26)24(28)29)11-10-19-9-7-6-8-18(2)17-19;1-2/h6-7,9,12-15,17,23H,5,8,10-11,16,26H2,1-4H3;1-2H3. The molecular weight excluding hydrogens is 382 g/mol. The summed E-state index contributed by atoms with van der Waals surface area (Å²) in [5.41, 5.74) is 11.6. The Morgan fingerprint density at radius 2 is 1.90 bits per heavy atom. The van der Waals surface area contributed by atoms with E-state index in [9.17, 15) is 4.79 Å². The van der Waals surface area contributed by atoms with Crippen LogP contribution in [-0.2, 0) is 4.79 Å². The monoisotopic (exact) mass is 421 g/mol. The molecule has 0 fully saturated rings. The maximum absolute atomic E-state index is 13.0. The molecule has 0 aromatic rings. The van der Waals surface area contributed by atoms with Crippen LogP contribution in [-0.4, -0.2) is 29.2 Å². The number of carbonyl (C=O) groups is 1. The predicted molar refractivity (Wildman–Crippen MR) is 133 cm³/mol. The summed E-state index contributed by atoms with van der Waals surface area (Å²) in [5.74, 6) is -0.125. The van der Waals surface area contributed by atoms with Crippen molar-refractivity contribution < 1.29 is 4.79 Å². The molecule has 0 spiro atoms. The van der Waals surface area contributed by atoms with Crippen molar-refractivity contribution in [3.05, 3.63) is 71.0 Å². The van der Waals surface area contributed by atoms with Crippen LogP contribution in [0, 0.1) is 5.41 Å². The largest absolute Gasteiger partial charge is 0.309 e. The van der Waals surface area contributed by atoms with Crippen LogP contribution in [0.25, 0.3) is 0 Å². The summed E-state index contributed by atoms with van der Waals surface area (Å²) in [6.07, 6.45) is 19.9. The lowest BCUT2D eigenvalue weighted by atomic mass is 9.92. The van der Waals surface area contributed by atoms with E-state index in [2.05, 4.69) is 81.3 Å². The van der Waals surface area contributed by atoms with Crippen LogP contribution in [0.2, 0.25) is 0 Å². The molecule has 0 radical (unpaired) electrons. The summed E-state index contributed by atoms with van der Waals surface area (Å²) in [6.45, 7) is 13.2. The summed E-state index contributed by atoms with van der Waals surface area (Å²) in [4.78, 5) is 19.5. The lowest BCUT2D eigenvalue weighted by Gasteiger charge is -2.24. The summed E-state index contributed by atoms with van der Waals surface area (Å²) >= 11 is 0. The van der Waals surface area contributed by atoms with Crippen molar-refractivity contribution >= 4 is 11.6 Å². The van der Waals surface area contributed by atoms with Gasteiger partial charge in [-0.2, -0.15) is 0 Å². The van der Waals surface area contributed by atoms with Gasteiger partial charge in [-0.3, -0.25) is 9.79 Å². The Bertz CT molecular complexity index is 878. The first-order valence-corrected chi connectivity index (χ1v) is 11.6. The lowest BCUT2D eigenvalue weighted by Crippen LogP contribution is -2.41.